The summed E-state index contributed by atoms with van der Waals surface area (Å²) in [7, 11) is 0. The summed E-state index contributed by atoms with van der Waals surface area (Å²) in [6.45, 7) is 2.35. The van der Waals surface area contributed by atoms with Gasteiger partial charge in [0.05, 0.1) is 18.5 Å². The first-order valence-electron chi connectivity index (χ1n) is 7.16. The largest absolute Gasteiger partial charge is 0.476 e. The van der Waals surface area contributed by atoms with Gasteiger partial charge in [0.1, 0.15) is 0 Å². The maximum absolute atomic E-state index is 5.69. The van der Waals surface area contributed by atoms with E-state index in [1.165, 1.54) is 4.70 Å². The van der Waals surface area contributed by atoms with E-state index >= 15 is 0 Å². The lowest BCUT2D eigenvalue weighted by molar-refractivity contribution is 0.330. The molecule has 0 saturated heterocycles. The Kier molecular flexibility index (Phi) is 3.27. The minimum absolute atomic E-state index is 0.129. The van der Waals surface area contributed by atoms with Crippen molar-refractivity contribution in [1.82, 2.24) is 19.9 Å². The molecule has 23 heavy (non-hydrogen) atoms. The van der Waals surface area contributed by atoms with Crippen molar-refractivity contribution in [2.75, 3.05) is 12.3 Å². The first kappa shape index (κ1) is 13.8. The zero-order chi connectivity index (χ0) is 15.8. The predicted octanol–water partition coefficient (Wildman–Crippen LogP) is 3.28. The Bertz CT molecular complexity index is 1010. The molecule has 0 saturated carbocycles. The third-order valence-electron chi connectivity index (χ3n) is 3.43. The van der Waals surface area contributed by atoms with Crippen molar-refractivity contribution in [2.24, 2.45) is 0 Å². The van der Waals surface area contributed by atoms with E-state index in [1.807, 2.05) is 19.1 Å². The van der Waals surface area contributed by atoms with Gasteiger partial charge in [-0.2, -0.15) is 9.97 Å². The second-order valence-corrected chi connectivity index (χ2v) is 5.80. The van der Waals surface area contributed by atoms with Crippen LogP contribution in [-0.4, -0.2) is 26.5 Å². The predicted molar refractivity (Wildman–Crippen MR) is 91.5 cm³/mol. The molecule has 0 amide bonds. The fourth-order valence-corrected chi connectivity index (χ4v) is 3.40. The Morgan fingerprint density at radius 1 is 1.17 bits per heavy atom. The number of nitrogens with two attached hydrogens (primary N) is 1. The number of benzene rings is 1. The number of fused-ring (bicyclic) bond motifs is 2. The maximum atomic E-state index is 5.69. The van der Waals surface area contributed by atoms with E-state index in [4.69, 9.17) is 10.5 Å². The Labute approximate surface area is 136 Å². The second-order valence-electron chi connectivity index (χ2n) is 4.89. The third-order valence-corrected chi connectivity index (χ3v) is 4.39. The zero-order valence-corrected chi connectivity index (χ0v) is 13.2. The molecule has 0 spiro atoms. The molecule has 1 aromatic carbocycles. The molecule has 4 rings (SSSR count). The van der Waals surface area contributed by atoms with Crippen molar-refractivity contribution in [1.29, 1.82) is 0 Å². The van der Waals surface area contributed by atoms with Crippen LogP contribution in [0.1, 0.15) is 6.92 Å². The van der Waals surface area contributed by atoms with Gasteiger partial charge < -0.3 is 10.5 Å². The molecule has 3 aromatic heterocycles. The number of thiophene rings is 1. The molecule has 3 heterocycles. The average Bonchev–Trinajstić information content (AvgIpc) is 2.99. The molecule has 2 N–H and O–H groups in total. The summed E-state index contributed by atoms with van der Waals surface area (Å²) in [5, 5.41) is 3.24. The summed E-state index contributed by atoms with van der Waals surface area (Å²) >= 11 is 1.68. The molecular weight excluding hydrogens is 310 g/mol. The van der Waals surface area contributed by atoms with Crippen molar-refractivity contribution >= 4 is 38.5 Å². The summed E-state index contributed by atoms with van der Waals surface area (Å²) in [4.78, 5) is 17.3. The summed E-state index contributed by atoms with van der Waals surface area (Å²) < 4.78 is 6.74. The van der Waals surface area contributed by atoms with Gasteiger partial charge in [-0.05, 0) is 13.0 Å². The van der Waals surface area contributed by atoms with Crippen LogP contribution < -0.4 is 10.5 Å². The van der Waals surface area contributed by atoms with Crippen LogP contribution in [0.2, 0.25) is 0 Å². The van der Waals surface area contributed by atoms with Crippen LogP contribution >= 0.6 is 11.3 Å². The van der Waals surface area contributed by atoms with Crippen LogP contribution in [0.25, 0.3) is 32.5 Å². The summed E-state index contributed by atoms with van der Waals surface area (Å²) in [5.74, 6) is 0.493. The van der Waals surface area contributed by atoms with Crippen LogP contribution in [0, 0.1) is 0 Å². The van der Waals surface area contributed by atoms with E-state index in [0.29, 0.717) is 23.7 Å². The number of nitrogens with zero attached hydrogens (tertiary/aromatic N) is 4. The fourth-order valence-electron chi connectivity index (χ4n) is 2.44. The van der Waals surface area contributed by atoms with E-state index in [-0.39, 0.29) is 5.95 Å². The Hall–Kier alpha value is -2.80. The number of anilines is 1. The van der Waals surface area contributed by atoms with E-state index in [2.05, 4.69) is 37.4 Å². The highest BCUT2D eigenvalue weighted by Crippen LogP contribution is 2.33. The molecule has 7 heteroatoms. The van der Waals surface area contributed by atoms with E-state index in [1.54, 1.807) is 17.5 Å². The van der Waals surface area contributed by atoms with Crippen molar-refractivity contribution in [3.63, 3.8) is 0 Å². The molecule has 6 nitrogen and oxygen atoms in total. The minimum atomic E-state index is 0.129. The maximum Gasteiger partial charge on any atom is 0.247 e. The number of ether oxygens (including phenoxy) is 1. The van der Waals surface area contributed by atoms with Crippen LogP contribution in [0.4, 0.5) is 5.95 Å². The van der Waals surface area contributed by atoms with Gasteiger partial charge in [0.25, 0.3) is 0 Å². The Morgan fingerprint density at radius 2 is 2.04 bits per heavy atom. The first-order chi connectivity index (χ1) is 11.3. The Morgan fingerprint density at radius 3 is 2.91 bits per heavy atom. The lowest BCUT2D eigenvalue weighted by Crippen LogP contribution is -2.04. The quantitative estimate of drug-likeness (QED) is 0.622. The molecule has 0 aliphatic heterocycles. The average molecular weight is 323 g/mol. The molecule has 0 unspecified atom stereocenters. The zero-order valence-electron chi connectivity index (χ0n) is 12.4. The van der Waals surface area contributed by atoms with Gasteiger partial charge in [0, 0.05) is 21.0 Å². The molecule has 0 radical (unpaired) electrons. The molecule has 0 fully saturated rings. The van der Waals surface area contributed by atoms with Crippen molar-refractivity contribution in [3.05, 3.63) is 35.8 Å². The molecule has 4 aromatic rings. The molecule has 114 valence electrons. The van der Waals surface area contributed by atoms with Crippen LogP contribution in [0.15, 0.2) is 35.8 Å². The van der Waals surface area contributed by atoms with E-state index < -0.39 is 0 Å². The van der Waals surface area contributed by atoms with Crippen molar-refractivity contribution in [3.8, 4) is 17.1 Å². The minimum Gasteiger partial charge on any atom is -0.476 e. The van der Waals surface area contributed by atoms with Gasteiger partial charge in [-0.15, -0.1) is 11.3 Å². The van der Waals surface area contributed by atoms with Crippen molar-refractivity contribution < 1.29 is 4.74 Å². The molecular formula is C16H13N5OS. The van der Waals surface area contributed by atoms with Gasteiger partial charge in [-0.3, -0.25) is 0 Å². The Balaban J connectivity index is 1.94. The lowest BCUT2D eigenvalue weighted by Gasteiger charge is -2.07. The topological polar surface area (TPSA) is 86.8 Å². The summed E-state index contributed by atoms with van der Waals surface area (Å²) in [5.41, 5.74) is 8.46. The van der Waals surface area contributed by atoms with Gasteiger partial charge >= 0.3 is 0 Å². The van der Waals surface area contributed by atoms with Gasteiger partial charge in [-0.25, -0.2) is 9.97 Å². The fraction of sp³-hybridized carbons (Fsp3) is 0.125. The van der Waals surface area contributed by atoms with Gasteiger partial charge in [0.15, 0.2) is 11.2 Å². The number of hydrogen-bond acceptors (Lipinski definition) is 7. The highest BCUT2D eigenvalue weighted by molar-refractivity contribution is 7.17. The number of aromatic nitrogens is 4. The van der Waals surface area contributed by atoms with Crippen molar-refractivity contribution in [2.45, 2.75) is 6.92 Å². The van der Waals surface area contributed by atoms with Crippen LogP contribution in [0.3, 0.4) is 0 Å². The lowest BCUT2D eigenvalue weighted by atomic mass is 10.1. The standard InChI is InChI=1S/C16H13N5OS/c1-2-22-15-13-14(20-16(17)21-15)18-7-11(19-13)10-8-23-12-6-4-3-5-9(10)12/h3-8H,2H2,1H3,(H2,17,18,20,21). The number of hydrogen-bond donors (Lipinski definition) is 1. The highest BCUT2D eigenvalue weighted by atomic mass is 32.1. The SMILES string of the molecule is CCOc1nc(N)nc2ncc(-c3csc4ccccc34)nc12. The summed E-state index contributed by atoms with van der Waals surface area (Å²) in [6, 6.07) is 8.21. The number of nitrogen functional groups attached to an aromatic ring is 1. The monoisotopic (exact) mass is 323 g/mol. The van der Waals surface area contributed by atoms with Gasteiger partial charge in [0.2, 0.25) is 11.8 Å². The number of rotatable bonds is 3. The molecule has 0 atom stereocenters. The van der Waals surface area contributed by atoms with Gasteiger partial charge in [-0.1, -0.05) is 18.2 Å². The normalized spacial score (nSPS) is 11.2. The summed E-state index contributed by atoms with van der Waals surface area (Å²) in [6.07, 6.45) is 1.71. The van der Waals surface area contributed by atoms with Crippen LogP contribution in [-0.2, 0) is 0 Å². The first-order valence-corrected chi connectivity index (χ1v) is 8.04. The smallest absolute Gasteiger partial charge is 0.247 e. The second kappa shape index (κ2) is 5.44. The molecule has 0 aliphatic rings. The molecule has 0 bridgehead atoms. The third kappa shape index (κ3) is 2.35. The van der Waals surface area contributed by atoms with E-state index in [9.17, 15) is 0 Å². The van der Waals surface area contributed by atoms with Crippen LogP contribution in [0.5, 0.6) is 5.88 Å². The van der Waals surface area contributed by atoms with E-state index in [0.717, 1.165) is 16.6 Å². The highest BCUT2D eigenvalue weighted by Gasteiger charge is 2.14. The molecule has 0 aliphatic carbocycles.